The summed E-state index contributed by atoms with van der Waals surface area (Å²) in [6.07, 6.45) is -1.35. The summed E-state index contributed by atoms with van der Waals surface area (Å²) in [6.45, 7) is 0. The van der Waals surface area contributed by atoms with Crippen molar-refractivity contribution in [1.29, 1.82) is 0 Å². The van der Waals surface area contributed by atoms with Gasteiger partial charge in [0.2, 0.25) is 0 Å². The molecule has 0 aliphatic rings. The standard InChI is InChI=1S/C13H9FO3/c14-11-5-1-9(2-6-11)10-3-7-12(8-4-10)17-13(15)16/h1-8H,(H,15,16). The summed E-state index contributed by atoms with van der Waals surface area (Å²) in [7, 11) is 0. The minimum atomic E-state index is -1.35. The molecule has 0 amide bonds. The average Bonchev–Trinajstić information content (AvgIpc) is 2.30. The smallest absolute Gasteiger partial charge is 0.449 e. The number of benzene rings is 2. The van der Waals surface area contributed by atoms with Crippen LogP contribution in [0.3, 0.4) is 0 Å². The normalized spacial score (nSPS) is 9.94. The SMILES string of the molecule is O=C(O)Oc1ccc(-c2ccc(F)cc2)cc1. The molecule has 0 bridgehead atoms. The van der Waals surface area contributed by atoms with Crippen molar-refractivity contribution in [1.82, 2.24) is 0 Å². The average molecular weight is 232 g/mol. The highest BCUT2D eigenvalue weighted by Gasteiger charge is 2.02. The van der Waals surface area contributed by atoms with Crippen molar-refractivity contribution in [3.05, 3.63) is 54.3 Å². The van der Waals surface area contributed by atoms with Gasteiger partial charge in [0.15, 0.2) is 0 Å². The molecule has 17 heavy (non-hydrogen) atoms. The molecule has 2 rings (SSSR count). The van der Waals surface area contributed by atoms with Crippen molar-refractivity contribution in [3.63, 3.8) is 0 Å². The van der Waals surface area contributed by atoms with E-state index in [0.29, 0.717) is 0 Å². The predicted octanol–water partition coefficient (Wildman–Crippen LogP) is 3.55. The van der Waals surface area contributed by atoms with Gasteiger partial charge >= 0.3 is 6.16 Å². The van der Waals surface area contributed by atoms with E-state index in [1.807, 2.05) is 0 Å². The van der Waals surface area contributed by atoms with E-state index in [9.17, 15) is 9.18 Å². The molecule has 0 saturated carbocycles. The zero-order chi connectivity index (χ0) is 12.3. The van der Waals surface area contributed by atoms with Gasteiger partial charge in [0.05, 0.1) is 0 Å². The number of carbonyl (C=O) groups is 1. The monoisotopic (exact) mass is 232 g/mol. The Kier molecular flexibility index (Phi) is 3.05. The van der Waals surface area contributed by atoms with E-state index in [1.165, 1.54) is 12.1 Å². The van der Waals surface area contributed by atoms with Crippen molar-refractivity contribution in [2.45, 2.75) is 0 Å². The Balaban J connectivity index is 2.23. The molecule has 3 nitrogen and oxygen atoms in total. The number of halogens is 1. The van der Waals surface area contributed by atoms with Crippen LogP contribution in [0.5, 0.6) is 5.75 Å². The summed E-state index contributed by atoms with van der Waals surface area (Å²) in [5.41, 5.74) is 1.72. The molecule has 0 fully saturated rings. The van der Waals surface area contributed by atoms with Crippen molar-refractivity contribution >= 4 is 6.16 Å². The molecule has 0 heterocycles. The van der Waals surface area contributed by atoms with Crippen LogP contribution in [0, 0.1) is 5.82 Å². The van der Waals surface area contributed by atoms with E-state index in [4.69, 9.17) is 5.11 Å². The van der Waals surface area contributed by atoms with E-state index >= 15 is 0 Å². The van der Waals surface area contributed by atoms with Gasteiger partial charge in [-0.3, -0.25) is 0 Å². The van der Waals surface area contributed by atoms with Gasteiger partial charge in [-0.2, -0.15) is 0 Å². The van der Waals surface area contributed by atoms with Crippen LogP contribution in [0.2, 0.25) is 0 Å². The third kappa shape index (κ3) is 2.81. The Morgan fingerprint density at radius 2 is 1.41 bits per heavy atom. The molecule has 0 unspecified atom stereocenters. The fourth-order valence-corrected chi connectivity index (χ4v) is 1.46. The van der Waals surface area contributed by atoms with Gasteiger partial charge < -0.3 is 9.84 Å². The fourth-order valence-electron chi connectivity index (χ4n) is 1.46. The number of rotatable bonds is 2. The molecule has 0 spiro atoms. The quantitative estimate of drug-likeness (QED) is 0.636. The van der Waals surface area contributed by atoms with Crippen LogP contribution in [0.1, 0.15) is 0 Å². The summed E-state index contributed by atoms with van der Waals surface area (Å²) in [4.78, 5) is 10.3. The second kappa shape index (κ2) is 4.65. The van der Waals surface area contributed by atoms with E-state index in [0.717, 1.165) is 11.1 Å². The molecule has 4 heteroatoms. The third-order valence-electron chi connectivity index (χ3n) is 2.24. The summed E-state index contributed by atoms with van der Waals surface area (Å²) >= 11 is 0. The molecule has 86 valence electrons. The molecule has 0 aliphatic heterocycles. The van der Waals surface area contributed by atoms with Crippen LogP contribution in [0.15, 0.2) is 48.5 Å². The Hall–Kier alpha value is -2.36. The van der Waals surface area contributed by atoms with E-state index in [2.05, 4.69) is 4.74 Å². The van der Waals surface area contributed by atoms with Gasteiger partial charge in [-0.25, -0.2) is 9.18 Å². The van der Waals surface area contributed by atoms with Crippen LogP contribution < -0.4 is 4.74 Å². The zero-order valence-electron chi connectivity index (χ0n) is 8.76. The molecule has 0 aliphatic carbocycles. The predicted molar refractivity (Wildman–Crippen MR) is 60.5 cm³/mol. The molecule has 2 aromatic carbocycles. The number of hydrogen-bond donors (Lipinski definition) is 1. The van der Waals surface area contributed by atoms with Crippen molar-refractivity contribution in [2.75, 3.05) is 0 Å². The van der Waals surface area contributed by atoms with Crippen molar-refractivity contribution in [2.24, 2.45) is 0 Å². The summed E-state index contributed by atoms with van der Waals surface area (Å²) in [5, 5.41) is 8.42. The Bertz CT molecular complexity index is 517. The Morgan fingerprint density at radius 1 is 0.941 bits per heavy atom. The first-order valence-electron chi connectivity index (χ1n) is 4.92. The molecule has 0 atom stereocenters. The second-order valence-corrected chi connectivity index (χ2v) is 3.40. The highest BCUT2D eigenvalue weighted by molar-refractivity contribution is 5.66. The van der Waals surface area contributed by atoms with Gasteiger partial charge in [0, 0.05) is 0 Å². The number of carboxylic acid groups (broad SMARTS) is 1. The minimum absolute atomic E-state index is 0.253. The lowest BCUT2D eigenvalue weighted by atomic mass is 10.1. The molecule has 0 radical (unpaired) electrons. The summed E-state index contributed by atoms with van der Waals surface area (Å²) in [5.74, 6) is -0.0389. The third-order valence-corrected chi connectivity index (χ3v) is 2.24. The van der Waals surface area contributed by atoms with Gasteiger partial charge in [-0.1, -0.05) is 24.3 Å². The molecule has 0 saturated heterocycles. The fraction of sp³-hybridized carbons (Fsp3) is 0. The van der Waals surface area contributed by atoms with Crippen LogP contribution in [0.4, 0.5) is 9.18 Å². The van der Waals surface area contributed by atoms with Crippen molar-refractivity contribution < 1.29 is 19.0 Å². The first-order valence-corrected chi connectivity index (χ1v) is 4.92. The molecular weight excluding hydrogens is 223 g/mol. The second-order valence-electron chi connectivity index (χ2n) is 3.40. The lowest BCUT2D eigenvalue weighted by Crippen LogP contribution is -2.02. The van der Waals surface area contributed by atoms with Crippen LogP contribution >= 0.6 is 0 Å². The van der Waals surface area contributed by atoms with Crippen LogP contribution in [0.25, 0.3) is 11.1 Å². The zero-order valence-corrected chi connectivity index (χ0v) is 8.76. The molecule has 1 N–H and O–H groups in total. The van der Waals surface area contributed by atoms with E-state index in [1.54, 1.807) is 36.4 Å². The molecule has 0 aromatic heterocycles. The highest BCUT2D eigenvalue weighted by Crippen LogP contribution is 2.22. The summed E-state index contributed by atoms with van der Waals surface area (Å²) in [6, 6.07) is 12.6. The van der Waals surface area contributed by atoms with Gasteiger partial charge in [-0.05, 0) is 35.4 Å². The Morgan fingerprint density at radius 3 is 1.88 bits per heavy atom. The maximum atomic E-state index is 12.7. The highest BCUT2D eigenvalue weighted by atomic mass is 19.1. The van der Waals surface area contributed by atoms with Crippen LogP contribution in [-0.4, -0.2) is 11.3 Å². The maximum absolute atomic E-state index is 12.7. The molecule has 2 aromatic rings. The first kappa shape index (κ1) is 11.1. The lowest BCUT2D eigenvalue weighted by Gasteiger charge is -2.03. The van der Waals surface area contributed by atoms with Crippen LogP contribution in [-0.2, 0) is 0 Å². The first-order chi connectivity index (χ1) is 8.15. The number of hydrogen-bond acceptors (Lipinski definition) is 2. The van der Waals surface area contributed by atoms with Gasteiger partial charge in [0.1, 0.15) is 11.6 Å². The lowest BCUT2D eigenvalue weighted by molar-refractivity contribution is 0.144. The number of ether oxygens (including phenoxy) is 1. The van der Waals surface area contributed by atoms with E-state index in [-0.39, 0.29) is 11.6 Å². The minimum Gasteiger partial charge on any atom is -0.449 e. The van der Waals surface area contributed by atoms with E-state index < -0.39 is 6.16 Å². The molecular formula is C13H9FO3. The van der Waals surface area contributed by atoms with Gasteiger partial charge in [-0.15, -0.1) is 0 Å². The largest absolute Gasteiger partial charge is 0.511 e. The topological polar surface area (TPSA) is 46.5 Å². The maximum Gasteiger partial charge on any atom is 0.511 e. The van der Waals surface area contributed by atoms with Gasteiger partial charge in [0.25, 0.3) is 0 Å². The summed E-state index contributed by atoms with van der Waals surface area (Å²) < 4.78 is 17.2. The van der Waals surface area contributed by atoms with Crippen molar-refractivity contribution in [3.8, 4) is 16.9 Å². The Labute approximate surface area is 97.1 Å².